The lowest BCUT2D eigenvalue weighted by atomic mass is 9.73. The van der Waals surface area contributed by atoms with Crippen molar-refractivity contribution in [3.8, 4) is 51.0 Å². The molecule has 0 N–H and O–H groups in total. The number of rotatable bonds is 3. The van der Waals surface area contributed by atoms with Crippen molar-refractivity contribution in [2.45, 2.75) is 5.41 Å². The maximum absolute atomic E-state index is 5.37. The normalized spacial score (nSPS) is 15.5. The minimum absolute atomic E-state index is 0.588. The van der Waals surface area contributed by atoms with Crippen molar-refractivity contribution < 1.29 is 0 Å². The van der Waals surface area contributed by atoms with Gasteiger partial charge >= 0.3 is 0 Å². The van der Waals surface area contributed by atoms with Gasteiger partial charge in [0.15, 0.2) is 17.5 Å². The molecule has 0 bridgehead atoms. The van der Waals surface area contributed by atoms with Gasteiger partial charge in [0.25, 0.3) is 0 Å². The molecule has 1 aliphatic heterocycles. The Bertz CT molecular complexity index is 2420. The predicted molar refractivity (Wildman–Crippen MR) is 182 cm³/mol. The molecule has 0 radical (unpaired) electrons. The smallest absolute Gasteiger partial charge is 0.164 e. The quantitative estimate of drug-likeness (QED) is 0.207. The molecular formula is C41H25N5. The van der Waals surface area contributed by atoms with E-state index in [1.807, 2.05) is 60.7 Å². The number of fused-ring (bicyclic) bond motifs is 12. The lowest BCUT2D eigenvalue weighted by molar-refractivity contribution is 0.738. The fourth-order valence-corrected chi connectivity index (χ4v) is 7.60. The van der Waals surface area contributed by atoms with E-state index in [2.05, 4.69) is 95.6 Å². The zero-order valence-corrected chi connectivity index (χ0v) is 24.7. The van der Waals surface area contributed by atoms with Crippen LogP contribution in [0.15, 0.2) is 152 Å². The van der Waals surface area contributed by atoms with Gasteiger partial charge in [-0.25, -0.2) is 19.9 Å². The molecule has 0 amide bonds. The summed E-state index contributed by atoms with van der Waals surface area (Å²) in [6.45, 7) is 0. The van der Waals surface area contributed by atoms with Crippen molar-refractivity contribution >= 4 is 11.0 Å². The molecular weight excluding hydrogens is 562 g/mol. The van der Waals surface area contributed by atoms with E-state index in [9.17, 15) is 0 Å². The van der Waals surface area contributed by atoms with Gasteiger partial charge in [-0.2, -0.15) is 0 Å². The summed E-state index contributed by atoms with van der Waals surface area (Å²) in [4.78, 5) is 20.6. The number of aromatic nitrogens is 5. The topological polar surface area (TPSA) is 56.5 Å². The van der Waals surface area contributed by atoms with Crippen LogP contribution in [0.3, 0.4) is 0 Å². The molecule has 6 aromatic carbocycles. The summed E-state index contributed by atoms with van der Waals surface area (Å²) in [7, 11) is 0. The minimum atomic E-state index is -0.588. The van der Waals surface area contributed by atoms with E-state index in [0.29, 0.717) is 17.5 Å². The lowest BCUT2D eigenvalue weighted by Crippen LogP contribution is -2.27. The van der Waals surface area contributed by atoms with Crippen LogP contribution in [0, 0.1) is 0 Å². The number of benzene rings is 6. The fourth-order valence-electron chi connectivity index (χ4n) is 7.60. The van der Waals surface area contributed by atoms with Gasteiger partial charge in [-0.1, -0.05) is 133 Å². The van der Waals surface area contributed by atoms with Crippen LogP contribution in [0.4, 0.5) is 0 Å². The summed E-state index contributed by atoms with van der Waals surface area (Å²) in [5.74, 6) is 2.96. The molecule has 1 atom stereocenters. The van der Waals surface area contributed by atoms with Crippen molar-refractivity contribution in [3.05, 3.63) is 174 Å². The molecule has 0 saturated heterocycles. The van der Waals surface area contributed by atoms with Crippen LogP contribution in [0.2, 0.25) is 0 Å². The zero-order valence-electron chi connectivity index (χ0n) is 24.7. The van der Waals surface area contributed by atoms with Crippen molar-refractivity contribution in [1.82, 2.24) is 24.5 Å². The predicted octanol–water partition coefficient (Wildman–Crippen LogP) is 8.89. The molecule has 3 heterocycles. The SMILES string of the molecule is c1ccc(-c2nc(-c3ccccc3)nc(-c3cccc4c3-c3ccccc3C43c4ccccc4-n4c3nc3ccccc34)n2)cc1. The summed E-state index contributed by atoms with van der Waals surface area (Å²) in [5, 5.41) is 0. The maximum atomic E-state index is 5.37. The van der Waals surface area contributed by atoms with E-state index < -0.39 is 5.41 Å². The first-order valence-electron chi connectivity index (χ1n) is 15.5. The summed E-state index contributed by atoms with van der Waals surface area (Å²) in [6.07, 6.45) is 0. The summed E-state index contributed by atoms with van der Waals surface area (Å²) < 4.78 is 2.35. The molecule has 0 saturated carbocycles. The van der Waals surface area contributed by atoms with Crippen molar-refractivity contribution in [2.24, 2.45) is 0 Å². The van der Waals surface area contributed by atoms with Gasteiger partial charge in [-0.15, -0.1) is 0 Å². The van der Waals surface area contributed by atoms with Crippen LogP contribution in [0.25, 0.3) is 62.0 Å². The van der Waals surface area contributed by atoms with Crippen LogP contribution in [-0.2, 0) is 5.41 Å². The van der Waals surface area contributed by atoms with Gasteiger partial charge in [-0.3, -0.25) is 4.57 Å². The molecule has 0 fully saturated rings. The largest absolute Gasteiger partial charge is 0.295 e. The number of imidazole rings is 1. The molecule has 5 heteroatoms. The summed E-state index contributed by atoms with van der Waals surface area (Å²) in [6, 6.07) is 52.8. The highest BCUT2D eigenvalue weighted by Crippen LogP contribution is 2.61. The van der Waals surface area contributed by atoms with Crippen molar-refractivity contribution in [2.75, 3.05) is 0 Å². The van der Waals surface area contributed by atoms with Gasteiger partial charge in [0, 0.05) is 16.7 Å². The third kappa shape index (κ3) is 3.29. The minimum Gasteiger partial charge on any atom is -0.295 e. The Morgan fingerprint density at radius 1 is 0.413 bits per heavy atom. The Morgan fingerprint density at radius 2 is 0.978 bits per heavy atom. The maximum Gasteiger partial charge on any atom is 0.164 e. The molecule has 5 nitrogen and oxygen atoms in total. The summed E-state index contributed by atoms with van der Waals surface area (Å²) >= 11 is 0. The van der Waals surface area contributed by atoms with Gasteiger partial charge in [0.2, 0.25) is 0 Å². The fraction of sp³-hybridized carbons (Fsp3) is 0.0244. The van der Waals surface area contributed by atoms with Crippen molar-refractivity contribution in [3.63, 3.8) is 0 Å². The Hall–Kier alpha value is -6.20. The first-order chi connectivity index (χ1) is 22.8. The molecule has 1 aliphatic carbocycles. The lowest BCUT2D eigenvalue weighted by Gasteiger charge is -2.27. The van der Waals surface area contributed by atoms with Crippen LogP contribution in [-0.4, -0.2) is 24.5 Å². The van der Waals surface area contributed by atoms with Gasteiger partial charge in [0.05, 0.1) is 16.7 Å². The highest BCUT2D eigenvalue weighted by Gasteiger charge is 2.54. The third-order valence-corrected chi connectivity index (χ3v) is 9.45. The number of nitrogens with zero attached hydrogens (tertiary/aromatic N) is 5. The van der Waals surface area contributed by atoms with Crippen LogP contribution in [0.1, 0.15) is 22.5 Å². The summed E-state index contributed by atoms with van der Waals surface area (Å²) in [5.41, 5.74) is 11.5. The average molecular weight is 588 g/mol. The third-order valence-electron chi connectivity index (χ3n) is 9.45. The average Bonchev–Trinajstić information content (AvgIpc) is 3.76. The molecule has 46 heavy (non-hydrogen) atoms. The second-order valence-corrected chi connectivity index (χ2v) is 11.8. The van der Waals surface area contributed by atoms with E-state index in [1.165, 1.54) is 22.3 Å². The van der Waals surface area contributed by atoms with Gasteiger partial charge < -0.3 is 0 Å². The van der Waals surface area contributed by atoms with E-state index in [4.69, 9.17) is 19.9 Å². The number of hydrogen-bond donors (Lipinski definition) is 0. The number of hydrogen-bond acceptors (Lipinski definition) is 4. The molecule has 2 aromatic heterocycles. The Kier molecular flexibility index (Phi) is 5.14. The zero-order chi connectivity index (χ0) is 30.2. The highest BCUT2D eigenvalue weighted by molar-refractivity contribution is 5.96. The van der Waals surface area contributed by atoms with E-state index in [0.717, 1.165) is 44.8 Å². The molecule has 10 rings (SSSR count). The van der Waals surface area contributed by atoms with E-state index in [-0.39, 0.29) is 0 Å². The monoisotopic (exact) mass is 587 g/mol. The molecule has 1 spiro atoms. The second kappa shape index (κ2) is 9.40. The van der Waals surface area contributed by atoms with Crippen LogP contribution < -0.4 is 0 Å². The van der Waals surface area contributed by atoms with Crippen LogP contribution in [0.5, 0.6) is 0 Å². The molecule has 2 aliphatic rings. The first-order valence-corrected chi connectivity index (χ1v) is 15.5. The molecule has 1 unspecified atom stereocenters. The first kappa shape index (κ1) is 25.2. The highest BCUT2D eigenvalue weighted by atomic mass is 15.1. The van der Waals surface area contributed by atoms with Crippen molar-refractivity contribution in [1.29, 1.82) is 0 Å². The Morgan fingerprint density at radius 3 is 1.74 bits per heavy atom. The molecule has 8 aromatic rings. The van der Waals surface area contributed by atoms with E-state index in [1.54, 1.807) is 0 Å². The van der Waals surface area contributed by atoms with Crippen LogP contribution >= 0.6 is 0 Å². The number of para-hydroxylation sites is 3. The standard InChI is InChI=1S/C41H25N5/c1-3-14-26(15-4-1)37-43-38(27-16-5-2-6-17-27)45-39(44-37)29-19-13-22-32-36(29)28-18-7-8-20-30(28)41(32)31-21-9-11-24-34(31)46-35-25-12-10-23-33(35)42-40(41)46/h1-25H. The Balaban J connectivity index is 1.30. The van der Waals surface area contributed by atoms with E-state index >= 15 is 0 Å². The van der Waals surface area contributed by atoms with Gasteiger partial charge in [-0.05, 0) is 46.0 Å². The molecule has 214 valence electrons. The second-order valence-electron chi connectivity index (χ2n) is 11.8. The van der Waals surface area contributed by atoms with Gasteiger partial charge in [0.1, 0.15) is 11.2 Å². The Labute approximate surface area is 265 Å².